The number of hydrogen-bond donors (Lipinski definition) is 2. The maximum atomic E-state index is 13.4. The zero-order valence-corrected chi connectivity index (χ0v) is 17.2. The summed E-state index contributed by atoms with van der Waals surface area (Å²) in [4.78, 5) is 44.0. The zero-order chi connectivity index (χ0) is 22.7. The summed E-state index contributed by atoms with van der Waals surface area (Å²) in [5.74, 6) is -0.492. The number of carbonyl (C=O) groups is 3. The van der Waals surface area contributed by atoms with Crippen LogP contribution >= 0.6 is 0 Å². The largest absolute Gasteiger partial charge is 0.497 e. The lowest BCUT2D eigenvalue weighted by Crippen LogP contribution is -2.57. The number of nitrogens with one attached hydrogen (secondary N) is 2. The fourth-order valence-electron chi connectivity index (χ4n) is 4.31. The number of ether oxygens (including phenoxy) is 1. The number of benzene rings is 2. The first-order valence-electron chi connectivity index (χ1n) is 10.0. The standard InChI is InChI=1S/C22H16N6O5/c1-32-15-4-2-12-9-27(19(29)16(12)8-15)22(20(30)25-21(31)26-22)18-7-13-6-14(3-5-17(13)33-18)28-11-23-10-24-28/h2-8,10-11H,9H2,1H3,(H2,25,26,30,31)/t22-/m1/s1. The van der Waals surface area contributed by atoms with E-state index in [2.05, 4.69) is 20.7 Å². The van der Waals surface area contributed by atoms with Crippen molar-refractivity contribution in [2.45, 2.75) is 12.2 Å². The molecule has 6 rings (SSSR count). The van der Waals surface area contributed by atoms with Gasteiger partial charge in [-0.3, -0.25) is 19.8 Å². The van der Waals surface area contributed by atoms with Crippen molar-refractivity contribution in [3.05, 3.63) is 72.0 Å². The van der Waals surface area contributed by atoms with E-state index in [1.165, 1.54) is 18.3 Å². The molecule has 0 bridgehead atoms. The second-order valence-corrected chi connectivity index (χ2v) is 7.71. The molecule has 33 heavy (non-hydrogen) atoms. The van der Waals surface area contributed by atoms with Crippen molar-refractivity contribution < 1.29 is 23.5 Å². The number of carbonyl (C=O) groups excluding carboxylic acids is 3. The predicted molar refractivity (Wildman–Crippen MR) is 112 cm³/mol. The molecule has 4 amide bonds. The number of amides is 4. The van der Waals surface area contributed by atoms with Crippen LogP contribution < -0.4 is 15.4 Å². The highest BCUT2D eigenvalue weighted by Gasteiger charge is 2.58. The predicted octanol–water partition coefficient (Wildman–Crippen LogP) is 1.67. The van der Waals surface area contributed by atoms with Crippen LogP contribution in [0.15, 0.2) is 59.5 Å². The molecule has 11 heteroatoms. The number of furan rings is 1. The molecule has 0 aliphatic carbocycles. The first kappa shape index (κ1) is 19.0. The molecule has 0 saturated carbocycles. The fourth-order valence-corrected chi connectivity index (χ4v) is 4.31. The minimum Gasteiger partial charge on any atom is -0.497 e. The summed E-state index contributed by atoms with van der Waals surface area (Å²) in [7, 11) is 1.51. The van der Waals surface area contributed by atoms with E-state index in [1.54, 1.807) is 47.4 Å². The van der Waals surface area contributed by atoms with Crippen LogP contribution in [-0.2, 0) is 17.0 Å². The Bertz CT molecular complexity index is 1460. The third kappa shape index (κ3) is 2.65. The van der Waals surface area contributed by atoms with Crippen molar-refractivity contribution in [2.75, 3.05) is 7.11 Å². The highest BCUT2D eigenvalue weighted by molar-refractivity contribution is 6.11. The second kappa shape index (κ2) is 6.66. The lowest BCUT2D eigenvalue weighted by molar-refractivity contribution is -0.131. The van der Waals surface area contributed by atoms with Gasteiger partial charge in [-0.1, -0.05) is 6.07 Å². The van der Waals surface area contributed by atoms with E-state index in [9.17, 15) is 14.4 Å². The molecule has 1 fully saturated rings. The topological polar surface area (TPSA) is 132 Å². The van der Waals surface area contributed by atoms with Gasteiger partial charge in [-0.05, 0) is 42.0 Å². The van der Waals surface area contributed by atoms with Crippen LogP contribution in [0.1, 0.15) is 21.7 Å². The van der Waals surface area contributed by atoms with E-state index in [4.69, 9.17) is 9.15 Å². The van der Waals surface area contributed by atoms with Gasteiger partial charge >= 0.3 is 6.03 Å². The summed E-state index contributed by atoms with van der Waals surface area (Å²) in [6.45, 7) is 0.104. The first-order valence-corrected chi connectivity index (χ1v) is 10.0. The number of methoxy groups -OCH3 is 1. The van der Waals surface area contributed by atoms with Crippen LogP contribution in [0.3, 0.4) is 0 Å². The van der Waals surface area contributed by atoms with E-state index < -0.39 is 23.5 Å². The normalized spacial score (nSPS) is 19.7. The van der Waals surface area contributed by atoms with Crippen LogP contribution in [0.25, 0.3) is 16.7 Å². The van der Waals surface area contributed by atoms with Gasteiger partial charge in [-0.15, -0.1) is 0 Å². The maximum Gasteiger partial charge on any atom is 0.324 e. The summed E-state index contributed by atoms with van der Waals surface area (Å²) in [5.41, 5.74) is 0.476. The Hall–Kier alpha value is -4.67. The molecule has 2 N–H and O–H groups in total. The molecule has 11 nitrogen and oxygen atoms in total. The molecule has 2 aliphatic heterocycles. The maximum absolute atomic E-state index is 13.4. The number of hydrogen-bond acceptors (Lipinski definition) is 7. The SMILES string of the molecule is COc1ccc2c(c1)C(=O)N([C@@]1(c3cc4cc(-n5cncn5)ccc4o3)NC(=O)NC1=O)C2. The third-order valence-corrected chi connectivity index (χ3v) is 5.92. The van der Waals surface area contributed by atoms with Gasteiger partial charge in [0.15, 0.2) is 5.76 Å². The summed E-state index contributed by atoms with van der Waals surface area (Å²) in [6.07, 6.45) is 2.98. The molecular formula is C22H16N6O5. The van der Waals surface area contributed by atoms with E-state index in [1.807, 2.05) is 6.07 Å². The number of aromatic nitrogens is 3. The average molecular weight is 444 g/mol. The molecule has 1 saturated heterocycles. The van der Waals surface area contributed by atoms with Crippen LogP contribution in [0.2, 0.25) is 0 Å². The van der Waals surface area contributed by atoms with Gasteiger partial charge in [0.2, 0.25) is 0 Å². The average Bonchev–Trinajstić information content (AvgIpc) is 3.59. The molecular weight excluding hydrogens is 428 g/mol. The molecule has 0 radical (unpaired) electrons. The van der Waals surface area contributed by atoms with Crippen LogP contribution in [0.5, 0.6) is 5.75 Å². The van der Waals surface area contributed by atoms with Gasteiger partial charge in [0.25, 0.3) is 17.5 Å². The minimum atomic E-state index is -1.84. The quantitative estimate of drug-likeness (QED) is 0.458. The van der Waals surface area contributed by atoms with Crippen molar-refractivity contribution in [1.82, 2.24) is 30.3 Å². The molecule has 2 aromatic heterocycles. The van der Waals surface area contributed by atoms with Crippen molar-refractivity contribution in [1.29, 1.82) is 0 Å². The van der Waals surface area contributed by atoms with E-state index in [0.717, 1.165) is 5.69 Å². The number of urea groups is 1. The van der Waals surface area contributed by atoms with E-state index in [-0.39, 0.29) is 12.3 Å². The third-order valence-electron chi connectivity index (χ3n) is 5.92. The Morgan fingerprint density at radius 3 is 2.73 bits per heavy atom. The molecule has 2 aliphatic rings. The number of rotatable bonds is 4. The fraction of sp³-hybridized carbons (Fsp3) is 0.136. The van der Waals surface area contributed by atoms with Crippen molar-refractivity contribution in [3.8, 4) is 11.4 Å². The second-order valence-electron chi connectivity index (χ2n) is 7.71. The smallest absolute Gasteiger partial charge is 0.324 e. The molecule has 0 spiro atoms. The summed E-state index contributed by atoms with van der Waals surface area (Å²) < 4.78 is 12.8. The highest BCUT2D eigenvalue weighted by Crippen LogP contribution is 2.39. The highest BCUT2D eigenvalue weighted by atomic mass is 16.5. The molecule has 2 aromatic carbocycles. The molecule has 4 aromatic rings. The van der Waals surface area contributed by atoms with Crippen molar-refractivity contribution in [2.24, 2.45) is 0 Å². The van der Waals surface area contributed by atoms with Gasteiger partial charge in [-0.25, -0.2) is 14.5 Å². The Morgan fingerprint density at radius 1 is 1.12 bits per heavy atom. The lowest BCUT2D eigenvalue weighted by atomic mass is 10.0. The number of imide groups is 1. The van der Waals surface area contributed by atoms with E-state index in [0.29, 0.717) is 27.8 Å². The minimum absolute atomic E-state index is 0.104. The Kier molecular flexibility index (Phi) is 3.85. The van der Waals surface area contributed by atoms with Gasteiger partial charge in [-0.2, -0.15) is 5.10 Å². The molecule has 1 atom stereocenters. The summed E-state index contributed by atoms with van der Waals surface area (Å²) >= 11 is 0. The zero-order valence-electron chi connectivity index (χ0n) is 17.2. The Labute approximate surface area is 185 Å². The van der Waals surface area contributed by atoms with Crippen LogP contribution in [0, 0.1) is 0 Å². The molecule has 4 heterocycles. The van der Waals surface area contributed by atoms with Crippen LogP contribution in [0.4, 0.5) is 4.79 Å². The van der Waals surface area contributed by atoms with Crippen molar-refractivity contribution >= 4 is 28.8 Å². The summed E-state index contributed by atoms with van der Waals surface area (Å²) in [6, 6.07) is 11.4. The van der Waals surface area contributed by atoms with Gasteiger partial charge in [0.1, 0.15) is 24.0 Å². The Balaban J connectivity index is 1.48. The van der Waals surface area contributed by atoms with Crippen molar-refractivity contribution in [3.63, 3.8) is 0 Å². The Morgan fingerprint density at radius 2 is 2.00 bits per heavy atom. The lowest BCUT2D eigenvalue weighted by Gasteiger charge is -2.33. The number of nitrogens with zero attached hydrogens (tertiary/aromatic N) is 4. The van der Waals surface area contributed by atoms with Crippen LogP contribution in [-0.4, -0.2) is 44.6 Å². The number of fused-ring (bicyclic) bond motifs is 2. The van der Waals surface area contributed by atoms with Gasteiger partial charge in [0, 0.05) is 10.9 Å². The molecule has 0 unspecified atom stereocenters. The monoisotopic (exact) mass is 444 g/mol. The molecule has 164 valence electrons. The van der Waals surface area contributed by atoms with Gasteiger partial charge in [0.05, 0.1) is 19.3 Å². The first-order chi connectivity index (χ1) is 16.0. The van der Waals surface area contributed by atoms with E-state index >= 15 is 0 Å². The summed E-state index contributed by atoms with van der Waals surface area (Å²) in [5, 5.41) is 9.64. The van der Waals surface area contributed by atoms with Gasteiger partial charge < -0.3 is 14.5 Å².